The van der Waals surface area contributed by atoms with E-state index in [-0.39, 0.29) is 6.04 Å². The predicted molar refractivity (Wildman–Crippen MR) is 74.5 cm³/mol. The maximum absolute atomic E-state index is 11.5. The van der Waals surface area contributed by atoms with Crippen molar-refractivity contribution in [1.82, 2.24) is 9.80 Å². The lowest BCUT2D eigenvalue weighted by molar-refractivity contribution is 0.158. The van der Waals surface area contributed by atoms with Crippen LogP contribution in [0.15, 0.2) is 0 Å². The SMILES string of the molecule is CC1CCN(CCN(C)C2CCS(=O)(=O)C2)CC1. The van der Waals surface area contributed by atoms with E-state index in [4.69, 9.17) is 0 Å². The van der Waals surface area contributed by atoms with E-state index in [1.54, 1.807) is 0 Å². The Hall–Kier alpha value is -0.130. The quantitative estimate of drug-likeness (QED) is 0.762. The Balaban J connectivity index is 1.70. The van der Waals surface area contributed by atoms with Gasteiger partial charge in [0.1, 0.15) is 0 Å². The van der Waals surface area contributed by atoms with Gasteiger partial charge in [0.2, 0.25) is 0 Å². The Labute approximate surface area is 111 Å². The van der Waals surface area contributed by atoms with Gasteiger partial charge in [0.15, 0.2) is 9.84 Å². The Bertz CT molecular complexity index is 361. The topological polar surface area (TPSA) is 40.6 Å². The van der Waals surface area contributed by atoms with Gasteiger partial charge in [0, 0.05) is 19.1 Å². The number of hydrogen-bond acceptors (Lipinski definition) is 4. The molecular weight excluding hydrogens is 248 g/mol. The van der Waals surface area contributed by atoms with Gasteiger partial charge in [0.25, 0.3) is 0 Å². The van der Waals surface area contributed by atoms with Crippen molar-refractivity contribution in [2.75, 3.05) is 44.7 Å². The van der Waals surface area contributed by atoms with Crippen LogP contribution < -0.4 is 0 Å². The zero-order chi connectivity index (χ0) is 13.2. The molecule has 2 fully saturated rings. The van der Waals surface area contributed by atoms with Crippen LogP contribution >= 0.6 is 0 Å². The van der Waals surface area contributed by atoms with Crippen molar-refractivity contribution in [2.24, 2.45) is 5.92 Å². The van der Waals surface area contributed by atoms with E-state index in [9.17, 15) is 8.42 Å². The van der Waals surface area contributed by atoms with Crippen molar-refractivity contribution < 1.29 is 8.42 Å². The lowest BCUT2D eigenvalue weighted by Gasteiger charge is -2.32. The Morgan fingerprint density at radius 3 is 2.44 bits per heavy atom. The van der Waals surface area contributed by atoms with Gasteiger partial charge < -0.3 is 9.80 Å². The van der Waals surface area contributed by atoms with Gasteiger partial charge in [-0.05, 0) is 45.3 Å². The highest BCUT2D eigenvalue weighted by Gasteiger charge is 2.30. The fourth-order valence-corrected chi connectivity index (χ4v) is 4.70. The minimum atomic E-state index is -2.75. The van der Waals surface area contributed by atoms with E-state index in [0.29, 0.717) is 11.5 Å². The third kappa shape index (κ3) is 3.93. The Morgan fingerprint density at radius 2 is 1.89 bits per heavy atom. The van der Waals surface area contributed by atoms with E-state index in [1.807, 2.05) is 0 Å². The summed E-state index contributed by atoms with van der Waals surface area (Å²) in [5, 5.41) is 0. The van der Waals surface area contributed by atoms with Crippen LogP contribution in [0.4, 0.5) is 0 Å². The smallest absolute Gasteiger partial charge is 0.151 e. The van der Waals surface area contributed by atoms with Crippen molar-refractivity contribution >= 4 is 9.84 Å². The zero-order valence-electron chi connectivity index (χ0n) is 11.6. The van der Waals surface area contributed by atoms with Crippen LogP contribution in [0, 0.1) is 5.92 Å². The molecule has 0 aromatic heterocycles. The predicted octanol–water partition coefficient (Wildman–Crippen LogP) is 0.837. The molecule has 0 amide bonds. The molecule has 0 aromatic carbocycles. The van der Waals surface area contributed by atoms with Crippen LogP contribution in [0.2, 0.25) is 0 Å². The molecule has 2 heterocycles. The van der Waals surface area contributed by atoms with E-state index < -0.39 is 9.84 Å². The summed E-state index contributed by atoms with van der Waals surface area (Å²) in [6.07, 6.45) is 3.43. The molecule has 0 aliphatic carbocycles. The van der Waals surface area contributed by atoms with Gasteiger partial charge >= 0.3 is 0 Å². The minimum absolute atomic E-state index is 0.249. The zero-order valence-corrected chi connectivity index (χ0v) is 12.5. The standard InChI is InChI=1S/C13H26N2O2S/c1-12-3-6-15(7-4-12)9-8-14(2)13-5-10-18(16,17)11-13/h12-13H,3-11H2,1-2H3. The molecule has 0 saturated carbocycles. The molecule has 0 aromatic rings. The first-order valence-electron chi connectivity index (χ1n) is 7.09. The van der Waals surface area contributed by atoms with Gasteiger partial charge in [-0.25, -0.2) is 8.42 Å². The summed E-state index contributed by atoms with van der Waals surface area (Å²) >= 11 is 0. The molecule has 2 saturated heterocycles. The summed E-state index contributed by atoms with van der Waals surface area (Å²) in [6, 6.07) is 0.249. The molecule has 2 aliphatic heterocycles. The molecule has 106 valence electrons. The van der Waals surface area contributed by atoms with Gasteiger partial charge in [-0.15, -0.1) is 0 Å². The lowest BCUT2D eigenvalue weighted by atomic mass is 9.99. The van der Waals surface area contributed by atoms with Gasteiger partial charge in [-0.1, -0.05) is 6.92 Å². The lowest BCUT2D eigenvalue weighted by Crippen LogP contribution is -2.41. The summed E-state index contributed by atoms with van der Waals surface area (Å²) in [5.41, 5.74) is 0. The average Bonchev–Trinajstić information content (AvgIpc) is 2.69. The highest BCUT2D eigenvalue weighted by atomic mass is 32.2. The number of likely N-dealkylation sites (N-methyl/N-ethyl adjacent to an activating group) is 1. The van der Waals surface area contributed by atoms with Crippen LogP contribution in [0.1, 0.15) is 26.2 Å². The number of likely N-dealkylation sites (tertiary alicyclic amines) is 1. The normalized spacial score (nSPS) is 30.1. The fourth-order valence-electron chi connectivity index (χ4n) is 2.89. The number of sulfone groups is 1. The number of hydrogen-bond donors (Lipinski definition) is 0. The van der Waals surface area contributed by atoms with Crippen LogP contribution in [0.5, 0.6) is 0 Å². The van der Waals surface area contributed by atoms with Gasteiger partial charge in [-0.2, -0.15) is 0 Å². The molecule has 1 atom stereocenters. The van der Waals surface area contributed by atoms with E-state index in [2.05, 4.69) is 23.8 Å². The van der Waals surface area contributed by atoms with E-state index in [1.165, 1.54) is 25.9 Å². The first-order valence-corrected chi connectivity index (χ1v) is 8.91. The highest BCUT2D eigenvalue weighted by molar-refractivity contribution is 7.91. The molecule has 2 rings (SSSR count). The summed E-state index contributed by atoms with van der Waals surface area (Å²) < 4.78 is 22.9. The Kier molecular flexibility index (Phi) is 4.67. The molecule has 0 radical (unpaired) electrons. The molecule has 5 heteroatoms. The first kappa shape index (κ1) is 14.3. The molecular formula is C13H26N2O2S. The van der Waals surface area contributed by atoms with Crippen LogP contribution in [0.3, 0.4) is 0 Å². The van der Waals surface area contributed by atoms with Crippen LogP contribution in [-0.4, -0.2) is 69.0 Å². The minimum Gasteiger partial charge on any atom is -0.302 e. The highest BCUT2D eigenvalue weighted by Crippen LogP contribution is 2.18. The van der Waals surface area contributed by atoms with E-state index >= 15 is 0 Å². The third-order valence-electron chi connectivity index (χ3n) is 4.48. The summed E-state index contributed by atoms with van der Waals surface area (Å²) in [7, 11) is -0.679. The molecule has 0 N–H and O–H groups in total. The number of rotatable bonds is 4. The molecule has 18 heavy (non-hydrogen) atoms. The van der Waals surface area contributed by atoms with Gasteiger partial charge in [0.05, 0.1) is 11.5 Å². The summed E-state index contributed by atoms with van der Waals surface area (Å²) in [6.45, 7) is 6.82. The van der Waals surface area contributed by atoms with Crippen LogP contribution in [-0.2, 0) is 9.84 Å². The average molecular weight is 274 g/mol. The van der Waals surface area contributed by atoms with Crippen molar-refractivity contribution in [3.05, 3.63) is 0 Å². The maximum Gasteiger partial charge on any atom is 0.151 e. The largest absolute Gasteiger partial charge is 0.302 e. The Morgan fingerprint density at radius 1 is 1.22 bits per heavy atom. The number of nitrogens with zero attached hydrogens (tertiary/aromatic N) is 2. The summed E-state index contributed by atoms with van der Waals surface area (Å²) in [5.74, 6) is 1.61. The van der Waals surface area contributed by atoms with Crippen molar-refractivity contribution in [1.29, 1.82) is 0 Å². The number of piperidine rings is 1. The molecule has 0 bridgehead atoms. The van der Waals surface area contributed by atoms with Crippen molar-refractivity contribution in [3.8, 4) is 0 Å². The summed E-state index contributed by atoms with van der Waals surface area (Å²) in [4.78, 5) is 4.75. The first-order chi connectivity index (χ1) is 8.46. The third-order valence-corrected chi connectivity index (χ3v) is 6.23. The van der Waals surface area contributed by atoms with Crippen LogP contribution in [0.25, 0.3) is 0 Å². The second-order valence-electron chi connectivity index (χ2n) is 6.06. The molecule has 2 aliphatic rings. The second kappa shape index (κ2) is 5.88. The molecule has 1 unspecified atom stereocenters. The molecule has 4 nitrogen and oxygen atoms in total. The van der Waals surface area contributed by atoms with E-state index in [0.717, 1.165) is 25.4 Å². The van der Waals surface area contributed by atoms with Gasteiger partial charge in [-0.3, -0.25) is 0 Å². The molecule has 0 spiro atoms. The van der Waals surface area contributed by atoms with Crippen molar-refractivity contribution in [2.45, 2.75) is 32.2 Å². The second-order valence-corrected chi connectivity index (χ2v) is 8.29. The monoisotopic (exact) mass is 274 g/mol. The maximum atomic E-state index is 11.5. The van der Waals surface area contributed by atoms with Crippen molar-refractivity contribution in [3.63, 3.8) is 0 Å². The fraction of sp³-hybridized carbons (Fsp3) is 1.00.